The Balaban J connectivity index is 1.90. The molecule has 0 bridgehead atoms. The predicted octanol–water partition coefficient (Wildman–Crippen LogP) is 3.31. The van der Waals surface area contributed by atoms with E-state index < -0.39 is 5.97 Å². The highest BCUT2D eigenvalue weighted by atomic mass is 16.6. The molecule has 2 saturated carbocycles. The van der Waals surface area contributed by atoms with Gasteiger partial charge in [-0.3, -0.25) is 0 Å². The molecule has 0 amide bonds. The standard InChI is InChI=1S/C15H24O4/c1-2-17-15(16)14(19-13-9-5-6-10-13)11-18-12-7-3-4-8-12/h11-13H,2-10H2,1H3. The lowest BCUT2D eigenvalue weighted by Gasteiger charge is -2.16. The average Bonchev–Trinajstić information content (AvgIpc) is 3.08. The van der Waals surface area contributed by atoms with Crippen LogP contribution in [0.15, 0.2) is 12.0 Å². The van der Waals surface area contributed by atoms with Crippen molar-refractivity contribution in [2.24, 2.45) is 0 Å². The van der Waals surface area contributed by atoms with Gasteiger partial charge in [0.1, 0.15) is 6.26 Å². The van der Waals surface area contributed by atoms with E-state index in [1.165, 1.54) is 31.9 Å². The molecule has 0 spiro atoms. The number of hydrogen-bond donors (Lipinski definition) is 0. The van der Waals surface area contributed by atoms with E-state index in [9.17, 15) is 4.79 Å². The first kappa shape index (κ1) is 14.2. The number of esters is 1. The topological polar surface area (TPSA) is 44.8 Å². The van der Waals surface area contributed by atoms with Gasteiger partial charge in [0, 0.05) is 0 Å². The molecular formula is C15H24O4. The Bertz CT molecular complexity index is 312. The van der Waals surface area contributed by atoms with Crippen LogP contribution in [0.3, 0.4) is 0 Å². The SMILES string of the molecule is CCOC(=O)C(=COC1CCCC1)OC1CCCC1. The largest absolute Gasteiger partial charge is 0.494 e. The van der Waals surface area contributed by atoms with E-state index in [0.29, 0.717) is 6.61 Å². The number of carbonyl (C=O) groups is 1. The molecule has 2 aliphatic rings. The summed E-state index contributed by atoms with van der Waals surface area (Å²) in [5.41, 5.74) is 0. The molecule has 0 aromatic heterocycles. The van der Waals surface area contributed by atoms with Crippen LogP contribution in [0.25, 0.3) is 0 Å². The van der Waals surface area contributed by atoms with Crippen LogP contribution in [0, 0.1) is 0 Å². The maximum atomic E-state index is 11.8. The van der Waals surface area contributed by atoms with Gasteiger partial charge in [-0.2, -0.15) is 0 Å². The molecule has 0 aromatic rings. The van der Waals surface area contributed by atoms with Gasteiger partial charge in [0.2, 0.25) is 5.76 Å². The predicted molar refractivity (Wildman–Crippen MR) is 71.4 cm³/mol. The van der Waals surface area contributed by atoms with E-state index >= 15 is 0 Å². The minimum atomic E-state index is -0.410. The van der Waals surface area contributed by atoms with Gasteiger partial charge in [-0.1, -0.05) is 0 Å². The molecule has 2 rings (SSSR count). The van der Waals surface area contributed by atoms with Gasteiger partial charge >= 0.3 is 5.97 Å². The summed E-state index contributed by atoms with van der Waals surface area (Å²) >= 11 is 0. The summed E-state index contributed by atoms with van der Waals surface area (Å²) in [6.45, 7) is 2.15. The van der Waals surface area contributed by atoms with E-state index in [2.05, 4.69) is 0 Å². The van der Waals surface area contributed by atoms with Crippen LogP contribution in [-0.2, 0) is 19.0 Å². The quantitative estimate of drug-likeness (QED) is 0.421. The molecule has 0 unspecified atom stereocenters. The Morgan fingerprint density at radius 3 is 2.21 bits per heavy atom. The van der Waals surface area contributed by atoms with Gasteiger partial charge in [0.15, 0.2) is 0 Å². The van der Waals surface area contributed by atoms with Gasteiger partial charge < -0.3 is 14.2 Å². The Morgan fingerprint density at radius 1 is 1.05 bits per heavy atom. The Morgan fingerprint density at radius 2 is 1.63 bits per heavy atom. The zero-order chi connectivity index (χ0) is 13.5. The third-order valence-electron chi connectivity index (χ3n) is 3.74. The highest BCUT2D eigenvalue weighted by Gasteiger charge is 2.23. The van der Waals surface area contributed by atoms with Gasteiger partial charge in [0.05, 0.1) is 18.8 Å². The zero-order valence-corrected chi connectivity index (χ0v) is 11.7. The van der Waals surface area contributed by atoms with Gasteiger partial charge in [0.25, 0.3) is 0 Å². The van der Waals surface area contributed by atoms with E-state index in [1.807, 2.05) is 0 Å². The van der Waals surface area contributed by atoms with Crippen LogP contribution in [0.2, 0.25) is 0 Å². The fourth-order valence-electron chi connectivity index (χ4n) is 2.69. The molecule has 108 valence electrons. The summed E-state index contributed by atoms with van der Waals surface area (Å²) in [5, 5.41) is 0. The first-order chi connectivity index (χ1) is 9.29. The van der Waals surface area contributed by atoms with Crippen LogP contribution in [-0.4, -0.2) is 24.8 Å². The van der Waals surface area contributed by atoms with Crippen LogP contribution >= 0.6 is 0 Å². The molecule has 0 aromatic carbocycles. The van der Waals surface area contributed by atoms with Crippen molar-refractivity contribution in [3.05, 3.63) is 12.0 Å². The van der Waals surface area contributed by atoms with E-state index in [-0.39, 0.29) is 18.0 Å². The van der Waals surface area contributed by atoms with Crippen molar-refractivity contribution < 1.29 is 19.0 Å². The van der Waals surface area contributed by atoms with E-state index in [4.69, 9.17) is 14.2 Å². The highest BCUT2D eigenvalue weighted by molar-refractivity contribution is 5.85. The van der Waals surface area contributed by atoms with Crippen LogP contribution in [0.1, 0.15) is 58.3 Å². The third kappa shape index (κ3) is 4.44. The lowest BCUT2D eigenvalue weighted by Crippen LogP contribution is -2.17. The smallest absolute Gasteiger partial charge is 0.376 e. The minimum absolute atomic E-state index is 0.142. The second kappa shape index (κ2) is 7.41. The monoisotopic (exact) mass is 268 g/mol. The van der Waals surface area contributed by atoms with Gasteiger partial charge in [-0.05, 0) is 58.3 Å². The molecule has 19 heavy (non-hydrogen) atoms. The molecule has 2 aliphatic carbocycles. The number of ether oxygens (including phenoxy) is 3. The summed E-state index contributed by atoms with van der Waals surface area (Å²) in [6.07, 6.45) is 10.8. The molecule has 0 radical (unpaired) electrons. The van der Waals surface area contributed by atoms with Crippen molar-refractivity contribution in [3.8, 4) is 0 Å². The fourth-order valence-corrected chi connectivity index (χ4v) is 2.69. The summed E-state index contributed by atoms with van der Waals surface area (Å²) < 4.78 is 16.4. The minimum Gasteiger partial charge on any atom is -0.494 e. The van der Waals surface area contributed by atoms with Crippen molar-refractivity contribution in [3.63, 3.8) is 0 Å². The second-order valence-corrected chi connectivity index (χ2v) is 5.27. The number of hydrogen-bond acceptors (Lipinski definition) is 4. The third-order valence-corrected chi connectivity index (χ3v) is 3.74. The summed E-state index contributed by atoms with van der Waals surface area (Å²) in [7, 11) is 0. The average molecular weight is 268 g/mol. The molecule has 4 nitrogen and oxygen atoms in total. The molecular weight excluding hydrogens is 244 g/mol. The molecule has 2 fully saturated rings. The Labute approximate surface area is 115 Å². The zero-order valence-electron chi connectivity index (χ0n) is 11.7. The van der Waals surface area contributed by atoms with Crippen LogP contribution in [0.5, 0.6) is 0 Å². The first-order valence-corrected chi connectivity index (χ1v) is 7.49. The number of rotatable bonds is 6. The second-order valence-electron chi connectivity index (χ2n) is 5.27. The molecule has 0 atom stereocenters. The molecule has 0 heterocycles. The lowest BCUT2D eigenvalue weighted by atomic mass is 10.3. The van der Waals surface area contributed by atoms with Crippen molar-refractivity contribution in [2.75, 3.05) is 6.61 Å². The van der Waals surface area contributed by atoms with Crippen molar-refractivity contribution in [1.82, 2.24) is 0 Å². The summed E-state index contributed by atoms with van der Waals surface area (Å²) in [4.78, 5) is 11.8. The summed E-state index contributed by atoms with van der Waals surface area (Å²) in [5.74, 6) is -0.173. The normalized spacial score (nSPS) is 21.6. The number of carbonyl (C=O) groups excluding carboxylic acids is 1. The van der Waals surface area contributed by atoms with Crippen molar-refractivity contribution >= 4 is 5.97 Å². The fraction of sp³-hybridized carbons (Fsp3) is 0.800. The molecule has 0 saturated heterocycles. The highest BCUT2D eigenvalue weighted by Crippen LogP contribution is 2.25. The summed E-state index contributed by atoms with van der Waals surface area (Å²) in [6, 6.07) is 0. The van der Waals surface area contributed by atoms with Crippen LogP contribution in [0.4, 0.5) is 0 Å². The first-order valence-electron chi connectivity index (χ1n) is 7.49. The lowest BCUT2D eigenvalue weighted by molar-refractivity contribution is -0.144. The van der Waals surface area contributed by atoms with Crippen molar-refractivity contribution in [2.45, 2.75) is 70.5 Å². The van der Waals surface area contributed by atoms with Gasteiger partial charge in [-0.15, -0.1) is 0 Å². The molecule has 0 N–H and O–H groups in total. The Hall–Kier alpha value is -1.19. The van der Waals surface area contributed by atoms with Crippen LogP contribution < -0.4 is 0 Å². The maximum Gasteiger partial charge on any atom is 0.376 e. The molecule has 4 heteroatoms. The van der Waals surface area contributed by atoms with E-state index in [0.717, 1.165) is 25.7 Å². The molecule has 0 aliphatic heterocycles. The Kier molecular flexibility index (Phi) is 5.55. The van der Waals surface area contributed by atoms with Gasteiger partial charge in [-0.25, -0.2) is 4.79 Å². The maximum absolute atomic E-state index is 11.8. The van der Waals surface area contributed by atoms with Crippen molar-refractivity contribution in [1.29, 1.82) is 0 Å². The van der Waals surface area contributed by atoms with E-state index in [1.54, 1.807) is 6.92 Å².